The molecule has 13 heteroatoms. The molecule has 8 rings (SSSR count). The van der Waals surface area contributed by atoms with Crippen LogP contribution in [-0.2, 0) is 11.2 Å². The van der Waals surface area contributed by atoms with E-state index in [4.69, 9.17) is 15.9 Å². The number of aromatic nitrogens is 3. The van der Waals surface area contributed by atoms with E-state index in [-0.39, 0.29) is 76.7 Å². The number of phenols is 1. The number of fused-ring (bicyclic) bond motifs is 4. The largest absolute Gasteiger partial charge is 0.508 e. The maximum absolute atomic E-state index is 17.0. The number of phenolic OH excluding ortho intramolecular Hbond substituents is 1. The Hall–Kier alpha value is -4.28. The van der Waals surface area contributed by atoms with Crippen molar-refractivity contribution >= 4 is 27.5 Å². The van der Waals surface area contributed by atoms with Gasteiger partial charge in [0.15, 0.2) is 5.82 Å². The molecule has 2 aromatic heterocycles. The van der Waals surface area contributed by atoms with Crippen LogP contribution in [0, 0.1) is 24.0 Å². The van der Waals surface area contributed by atoms with Crippen molar-refractivity contribution < 1.29 is 36.5 Å². The summed E-state index contributed by atoms with van der Waals surface area (Å²) >= 11 is 0. The minimum absolute atomic E-state index is 0.0153. The highest BCUT2D eigenvalue weighted by atomic mass is 19.3. The molecule has 0 saturated carbocycles. The Bertz CT molecular complexity index is 1990. The highest BCUT2D eigenvalue weighted by Crippen LogP contribution is 2.44. The first-order chi connectivity index (χ1) is 22.6. The topological polar surface area (TPSA) is 83.8 Å². The molecular weight excluding hydrogens is 621 g/mol. The Labute approximate surface area is 266 Å². The third kappa shape index (κ3) is 4.92. The summed E-state index contributed by atoms with van der Waals surface area (Å²) in [5.74, 6) is -2.73. The number of anilines is 1. The molecule has 1 unspecified atom stereocenters. The van der Waals surface area contributed by atoms with Gasteiger partial charge in [0, 0.05) is 23.9 Å². The van der Waals surface area contributed by atoms with Crippen molar-refractivity contribution in [2.45, 2.75) is 55.8 Å². The minimum atomic E-state index is -3.22. The molecule has 4 aromatic rings. The second-order valence-electron chi connectivity index (χ2n) is 13.0. The summed E-state index contributed by atoms with van der Waals surface area (Å²) in [6.07, 6.45) is 7.08. The van der Waals surface area contributed by atoms with Gasteiger partial charge in [-0.15, -0.1) is 6.42 Å². The fourth-order valence-electron chi connectivity index (χ4n) is 7.89. The molecule has 0 spiro atoms. The molecule has 1 N–H and O–H groups in total. The lowest BCUT2D eigenvalue weighted by atomic mass is 9.95. The third-order valence-corrected chi connectivity index (χ3v) is 9.95. The Balaban J connectivity index is 1.34. The van der Waals surface area contributed by atoms with Gasteiger partial charge in [-0.3, -0.25) is 4.90 Å². The van der Waals surface area contributed by atoms with Crippen LogP contribution in [0.5, 0.6) is 11.8 Å². The van der Waals surface area contributed by atoms with Gasteiger partial charge in [-0.2, -0.15) is 9.97 Å². The number of aryl methyl sites for hydroxylation is 1. The summed E-state index contributed by atoms with van der Waals surface area (Å²) < 4.78 is 87.8. The first-order valence-corrected chi connectivity index (χ1v) is 15.6. The number of terminal acetylenes is 1. The van der Waals surface area contributed by atoms with Crippen LogP contribution in [0.2, 0.25) is 0 Å². The number of halogens is 5. The van der Waals surface area contributed by atoms with Crippen LogP contribution in [0.1, 0.15) is 36.9 Å². The van der Waals surface area contributed by atoms with E-state index < -0.39 is 48.5 Å². The standard InChI is InChI=1S/C34H30F5N5O3/c1-2-22-24(36)6-4-18-10-21(45)11-23(26(18)22)29-28(37)30-27-25(40-29)7-5-20-14-46-17-34(38,39)15-44(20)31(27)42-32(41-30)47-16-33-8-3-9-43(33)13-19(35)12-33/h1,4,6,10-11,19-20,45H,3,5,7-9,12-17H2/t19-,20?,33+/m1/s1. The van der Waals surface area contributed by atoms with Crippen LogP contribution in [0.4, 0.5) is 27.8 Å². The zero-order valence-corrected chi connectivity index (χ0v) is 25.2. The summed E-state index contributed by atoms with van der Waals surface area (Å²) in [7, 11) is 0. The van der Waals surface area contributed by atoms with E-state index in [2.05, 4.69) is 20.9 Å². The van der Waals surface area contributed by atoms with Gasteiger partial charge in [0.25, 0.3) is 5.92 Å². The van der Waals surface area contributed by atoms with Crippen LogP contribution in [0.15, 0.2) is 24.3 Å². The van der Waals surface area contributed by atoms with Gasteiger partial charge in [-0.1, -0.05) is 12.0 Å². The van der Waals surface area contributed by atoms with Crippen molar-refractivity contribution in [2.24, 2.45) is 0 Å². The normalized spacial score (nSPS) is 25.3. The van der Waals surface area contributed by atoms with E-state index in [9.17, 15) is 22.7 Å². The monoisotopic (exact) mass is 651 g/mol. The zero-order chi connectivity index (χ0) is 32.7. The van der Waals surface area contributed by atoms with E-state index in [1.165, 1.54) is 29.2 Å². The molecule has 8 nitrogen and oxygen atoms in total. The Morgan fingerprint density at radius 3 is 2.83 bits per heavy atom. The molecule has 2 aromatic carbocycles. The number of ether oxygens (including phenoxy) is 2. The summed E-state index contributed by atoms with van der Waals surface area (Å²) in [5, 5.41) is 11.3. The van der Waals surface area contributed by atoms with Gasteiger partial charge in [-0.25, -0.2) is 26.9 Å². The molecule has 3 fully saturated rings. The van der Waals surface area contributed by atoms with Crippen molar-refractivity contribution in [3.63, 3.8) is 0 Å². The second-order valence-corrected chi connectivity index (χ2v) is 13.0. The van der Waals surface area contributed by atoms with Crippen LogP contribution in [0.3, 0.4) is 0 Å². The van der Waals surface area contributed by atoms with Crippen molar-refractivity contribution in [3.05, 3.63) is 47.2 Å². The van der Waals surface area contributed by atoms with E-state index in [1.54, 1.807) is 0 Å². The number of rotatable bonds is 4. The molecular formula is C34H30F5N5O3. The lowest BCUT2D eigenvalue weighted by molar-refractivity contribution is -0.0574. The molecule has 4 aliphatic rings. The number of aromatic hydroxyl groups is 1. The Morgan fingerprint density at radius 1 is 1.15 bits per heavy atom. The molecule has 3 saturated heterocycles. The van der Waals surface area contributed by atoms with E-state index >= 15 is 4.39 Å². The highest BCUT2D eigenvalue weighted by molar-refractivity contribution is 6.03. The quantitative estimate of drug-likeness (QED) is 0.227. The maximum atomic E-state index is 17.0. The molecule has 0 aliphatic carbocycles. The lowest BCUT2D eigenvalue weighted by Gasteiger charge is -2.32. The number of nitrogens with zero attached hydrogens (tertiary/aromatic N) is 5. The summed E-state index contributed by atoms with van der Waals surface area (Å²) in [6.45, 7) is -0.452. The van der Waals surface area contributed by atoms with Crippen molar-refractivity contribution in [1.82, 2.24) is 19.9 Å². The number of alkyl halides is 3. The first-order valence-electron chi connectivity index (χ1n) is 15.6. The third-order valence-electron chi connectivity index (χ3n) is 9.95. The number of pyridine rings is 1. The predicted molar refractivity (Wildman–Crippen MR) is 164 cm³/mol. The molecule has 4 aliphatic heterocycles. The lowest BCUT2D eigenvalue weighted by Crippen LogP contribution is -2.44. The SMILES string of the molecule is C#Cc1c(F)ccc2cc(O)cc(-c3nc4c5c(nc(OC[C@@]67CCCN6C[C@H](F)C7)nc5c3F)N3CC(F)(F)COCC3CC4)c12. The van der Waals surface area contributed by atoms with Crippen molar-refractivity contribution in [1.29, 1.82) is 0 Å². The second kappa shape index (κ2) is 10.9. The van der Waals surface area contributed by atoms with E-state index in [1.807, 2.05) is 4.90 Å². The molecule has 0 bridgehead atoms. The van der Waals surface area contributed by atoms with Crippen LogP contribution >= 0.6 is 0 Å². The Kier molecular flexibility index (Phi) is 6.97. The van der Waals surface area contributed by atoms with Crippen molar-refractivity contribution in [3.8, 4) is 35.4 Å². The van der Waals surface area contributed by atoms with Gasteiger partial charge >= 0.3 is 6.01 Å². The maximum Gasteiger partial charge on any atom is 0.319 e. The molecule has 244 valence electrons. The average molecular weight is 652 g/mol. The highest BCUT2D eigenvalue weighted by Gasteiger charge is 2.49. The molecule has 0 radical (unpaired) electrons. The van der Waals surface area contributed by atoms with Gasteiger partial charge in [-0.05, 0) is 55.8 Å². The average Bonchev–Trinajstić information content (AvgIpc) is 3.45. The smallest absolute Gasteiger partial charge is 0.319 e. The molecule has 0 amide bonds. The molecule has 3 atom stereocenters. The van der Waals surface area contributed by atoms with E-state index in [0.29, 0.717) is 30.5 Å². The predicted octanol–water partition coefficient (Wildman–Crippen LogP) is 5.55. The van der Waals surface area contributed by atoms with Crippen LogP contribution < -0.4 is 9.64 Å². The van der Waals surface area contributed by atoms with E-state index in [0.717, 1.165) is 13.0 Å². The summed E-state index contributed by atoms with van der Waals surface area (Å²) in [6, 6.07) is 4.45. The van der Waals surface area contributed by atoms with Gasteiger partial charge < -0.3 is 19.5 Å². The first kappa shape index (κ1) is 30.1. The van der Waals surface area contributed by atoms with Gasteiger partial charge in [0.2, 0.25) is 0 Å². The summed E-state index contributed by atoms with van der Waals surface area (Å²) in [4.78, 5) is 17.2. The fourth-order valence-corrected chi connectivity index (χ4v) is 7.89. The van der Waals surface area contributed by atoms with Crippen LogP contribution in [0.25, 0.3) is 32.9 Å². The van der Waals surface area contributed by atoms with Crippen LogP contribution in [-0.4, -0.2) is 88.1 Å². The molecule has 6 heterocycles. The Morgan fingerprint density at radius 2 is 2.00 bits per heavy atom. The number of benzene rings is 2. The number of hydrogen-bond donors (Lipinski definition) is 1. The number of hydrogen-bond acceptors (Lipinski definition) is 8. The molecule has 47 heavy (non-hydrogen) atoms. The summed E-state index contributed by atoms with van der Waals surface area (Å²) in [5.41, 5.74) is -0.804. The zero-order valence-electron chi connectivity index (χ0n) is 25.2. The van der Waals surface area contributed by atoms with Crippen molar-refractivity contribution in [2.75, 3.05) is 44.4 Å². The van der Waals surface area contributed by atoms with Gasteiger partial charge in [0.05, 0.1) is 41.4 Å². The van der Waals surface area contributed by atoms with Gasteiger partial charge in [0.1, 0.15) is 48.0 Å². The fraction of sp³-hybridized carbons (Fsp3) is 0.441. The minimum Gasteiger partial charge on any atom is -0.508 e.